The van der Waals surface area contributed by atoms with Gasteiger partial charge in [0.25, 0.3) is 0 Å². The molecular formula is C10H14F3N3OS. The van der Waals surface area contributed by atoms with Crippen LogP contribution in [0.5, 0.6) is 0 Å². The van der Waals surface area contributed by atoms with E-state index in [1.165, 1.54) is 0 Å². The van der Waals surface area contributed by atoms with Crippen molar-refractivity contribution < 1.29 is 17.9 Å². The number of nitrogens with zero attached hydrogens (tertiary/aromatic N) is 3. The van der Waals surface area contributed by atoms with Gasteiger partial charge in [0.2, 0.25) is 10.1 Å². The lowest BCUT2D eigenvalue weighted by Crippen LogP contribution is -2.49. The van der Waals surface area contributed by atoms with Crippen LogP contribution in [0.3, 0.4) is 0 Å². The minimum atomic E-state index is -4.42. The van der Waals surface area contributed by atoms with E-state index >= 15 is 0 Å². The molecule has 0 N–H and O–H groups in total. The van der Waals surface area contributed by atoms with Gasteiger partial charge in [0, 0.05) is 13.1 Å². The van der Waals surface area contributed by atoms with Crippen molar-refractivity contribution in [1.82, 2.24) is 10.2 Å². The van der Waals surface area contributed by atoms with E-state index in [9.17, 15) is 13.2 Å². The maximum Gasteiger partial charge on any atom is 0.445 e. The van der Waals surface area contributed by atoms with E-state index in [4.69, 9.17) is 4.74 Å². The van der Waals surface area contributed by atoms with Crippen LogP contribution in [0.4, 0.5) is 18.3 Å². The summed E-state index contributed by atoms with van der Waals surface area (Å²) in [6, 6.07) is 0. The Kier molecular flexibility index (Phi) is 3.50. The molecule has 1 aromatic rings. The van der Waals surface area contributed by atoms with Crippen LogP contribution in [0, 0.1) is 0 Å². The molecule has 0 aliphatic carbocycles. The molecule has 4 nitrogen and oxygen atoms in total. The molecule has 0 radical (unpaired) electrons. The first-order chi connectivity index (χ1) is 8.34. The quantitative estimate of drug-likeness (QED) is 0.835. The van der Waals surface area contributed by atoms with Gasteiger partial charge >= 0.3 is 6.18 Å². The molecule has 1 atom stereocenters. The summed E-state index contributed by atoms with van der Waals surface area (Å²) in [5, 5.41) is 6.23. The molecule has 1 fully saturated rings. The van der Waals surface area contributed by atoms with Gasteiger partial charge < -0.3 is 9.64 Å². The molecule has 0 amide bonds. The van der Waals surface area contributed by atoms with Gasteiger partial charge in [-0.15, -0.1) is 10.2 Å². The Bertz CT molecular complexity index is 423. The molecule has 2 rings (SSSR count). The Balaban J connectivity index is 2.14. The first-order valence-corrected chi connectivity index (χ1v) is 6.45. The number of halogens is 3. The smallest absolute Gasteiger partial charge is 0.372 e. The number of anilines is 1. The van der Waals surface area contributed by atoms with Crippen LogP contribution in [-0.4, -0.2) is 35.5 Å². The van der Waals surface area contributed by atoms with Crippen molar-refractivity contribution in [1.29, 1.82) is 0 Å². The maximum absolute atomic E-state index is 12.5. The van der Waals surface area contributed by atoms with Crippen LogP contribution in [0.1, 0.15) is 25.3 Å². The van der Waals surface area contributed by atoms with Crippen molar-refractivity contribution in [3.8, 4) is 0 Å². The van der Waals surface area contributed by atoms with Gasteiger partial charge in [-0.2, -0.15) is 13.2 Å². The van der Waals surface area contributed by atoms with Crippen molar-refractivity contribution in [2.45, 2.75) is 32.0 Å². The third-order valence-corrected chi connectivity index (χ3v) is 4.04. The fourth-order valence-corrected chi connectivity index (χ4v) is 2.50. The summed E-state index contributed by atoms with van der Waals surface area (Å²) in [7, 11) is 0. The van der Waals surface area contributed by atoms with Gasteiger partial charge in [0.05, 0.1) is 12.2 Å². The minimum Gasteiger partial charge on any atom is -0.372 e. The lowest BCUT2D eigenvalue weighted by molar-refractivity contribution is -0.138. The van der Waals surface area contributed by atoms with Crippen molar-refractivity contribution in [3.63, 3.8) is 0 Å². The first kappa shape index (κ1) is 13.5. The minimum absolute atomic E-state index is 0.310. The molecule has 18 heavy (non-hydrogen) atoms. The van der Waals surface area contributed by atoms with E-state index in [2.05, 4.69) is 10.2 Å². The number of aromatic nitrogens is 2. The Morgan fingerprint density at radius 2 is 2.17 bits per heavy atom. The van der Waals surface area contributed by atoms with Crippen LogP contribution in [0.2, 0.25) is 0 Å². The van der Waals surface area contributed by atoms with E-state index in [-0.39, 0.29) is 5.60 Å². The molecule has 0 bridgehead atoms. The van der Waals surface area contributed by atoms with Gasteiger partial charge in [-0.3, -0.25) is 0 Å². The highest BCUT2D eigenvalue weighted by molar-refractivity contribution is 7.15. The summed E-state index contributed by atoms with van der Waals surface area (Å²) in [4.78, 5) is 1.81. The normalized spacial score (nSPS) is 25.5. The fourth-order valence-electron chi connectivity index (χ4n) is 1.77. The fraction of sp³-hybridized carbons (Fsp3) is 0.800. The highest BCUT2D eigenvalue weighted by atomic mass is 32.1. The van der Waals surface area contributed by atoms with E-state index in [1.807, 2.05) is 13.8 Å². The maximum atomic E-state index is 12.5. The van der Waals surface area contributed by atoms with Crippen molar-refractivity contribution in [2.24, 2.45) is 0 Å². The second-order valence-corrected chi connectivity index (χ2v) is 5.42. The third kappa shape index (κ3) is 2.74. The lowest BCUT2D eigenvalue weighted by atomic mass is 10.0. The van der Waals surface area contributed by atoms with Crippen molar-refractivity contribution in [2.75, 3.05) is 24.6 Å². The number of hydrogen-bond donors (Lipinski definition) is 0. The van der Waals surface area contributed by atoms with Gasteiger partial charge in [0.1, 0.15) is 0 Å². The topological polar surface area (TPSA) is 38.2 Å². The first-order valence-electron chi connectivity index (χ1n) is 5.64. The zero-order valence-electron chi connectivity index (χ0n) is 10.1. The lowest BCUT2D eigenvalue weighted by Gasteiger charge is -2.39. The molecule has 1 unspecified atom stereocenters. The second-order valence-electron chi connectivity index (χ2n) is 4.46. The van der Waals surface area contributed by atoms with Crippen molar-refractivity contribution >= 4 is 16.5 Å². The Hall–Kier alpha value is -0.890. The molecule has 2 heterocycles. The summed E-state index contributed by atoms with van der Waals surface area (Å²) in [6.45, 7) is 5.51. The molecule has 102 valence electrons. The van der Waals surface area contributed by atoms with Gasteiger partial charge in [0.15, 0.2) is 0 Å². The molecule has 0 spiro atoms. The third-order valence-electron chi connectivity index (χ3n) is 3.01. The number of rotatable bonds is 2. The average molecular weight is 281 g/mol. The van der Waals surface area contributed by atoms with Crippen LogP contribution in [-0.2, 0) is 10.9 Å². The van der Waals surface area contributed by atoms with E-state index < -0.39 is 11.2 Å². The monoisotopic (exact) mass is 281 g/mol. The molecule has 1 aromatic heterocycles. The van der Waals surface area contributed by atoms with Crippen molar-refractivity contribution in [3.05, 3.63) is 5.01 Å². The number of hydrogen-bond acceptors (Lipinski definition) is 5. The number of ether oxygens (including phenoxy) is 1. The Morgan fingerprint density at radius 3 is 2.72 bits per heavy atom. The zero-order chi connectivity index (χ0) is 13.4. The summed E-state index contributed by atoms with van der Waals surface area (Å²) >= 11 is 0.581. The van der Waals surface area contributed by atoms with Gasteiger partial charge in [-0.25, -0.2) is 0 Å². The van der Waals surface area contributed by atoms with E-state index in [1.54, 1.807) is 4.90 Å². The predicted octanol–water partition coefficient (Wildman–Crippen LogP) is 2.56. The van der Waals surface area contributed by atoms with Gasteiger partial charge in [-0.05, 0) is 13.3 Å². The highest BCUT2D eigenvalue weighted by Gasteiger charge is 2.37. The van der Waals surface area contributed by atoms with Gasteiger partial charge in [-0.1, -0.05) is 18.3 Å². The molecule has 8 heteroatoms. The number of alkyl halides is 3. The molecule has 0 saturated carbocycles. The molecule has 1 saturated heterocycles. The summed E-state index contributed by atoms with van der Waals surface area (Å²) in [5.74, 6) is 0. The zero-order valence-corrected chi connectivity index (χ0v) is 10.9. The summed E-state index contributed by atoms with van der Waals surface area (Å²) in [6.07, 6.45) is -3.62. The molecule has 1 aliphatic heterocycles. The Labute approximate surface area is 107 Å². The van der Waals surface area contributed by atoms with Crippen LogP contribution in [0.15, 0.2) is 0 Å². The standard InChI is InChI=1S/C10H14F3N3OS/c1-3-9(2)6-16(4-5-17-9)8-15-14-7(18-8)10(11,12)13/h3-6H2,1-2H3. The number of morpholine rings is 1. The van der Waals surface area contributed by atoms with E-state index in [0.717, 1.165) is 6.42 Å². The largest absolute Gasteiger partial charge is 0.445 e. The molecule has 1 aliphatic rings. The average Bonchev–Trinajstić information content (AvgIpc) is 2.78. The summed E-state index contributed by atoms with van der Waals surface area (Å²) in [5.41, 5.74) is -0.331. The highest BCUT2D eigenvalue weighted by Crippen LogP contribution is 2.35. The van der Waals surface area contributed by atoms with Crippen LogP contribution >= 0.6 is 11.3 Å². The van der Waals surface area contributed by atoms with Crippen LogP contribution in [0.25, 0.3) is 0 Å². The second kappa shape index (κ2) is 4.65. The summed E-state index contributed by atoms with van der Waals surface area (Å²) < 4.78 is 43.0. The SMILES string of the molecule is CCC1(C)CN(c2nnc(C(F)(F)F)s2)CCO1. The predicted molar refractivity (Wildman–Crippen MR) is 61.8 cm³/mol. The van der Waals surface area contributed by atoms with Crippen LogP contribution < -0.4 is 4.90 Å². The molecule has 0 aromatic carbocycles. The Morgan fingerprint density at radius 1 is 1.44 bits per heavy atom. The molecular weight excluding hydrogens is 267 g/mol. The van der Waals surface area contributed by atoms with E-state index in [0.29, 0.717) is 36.2 Å².